The maximum Gasteiger partial charge on any atom is 0.191 e. The fraction of sp³-hybridized carbons (Fsp3) is 0.684. The summed E-state index contributed by atoms with van der Waals surface area (Å²) >= 11 is 0. The molecule has 2 rings (SSSR count). The molecule has 0 aromatic carbocycles. The number of aromatic nitrogens is 1. The summed E-state index contributed by atoms with van der Waals surface area (Å²) in [7, 11) is 5.76. The van der Waals surface area contributed by atoms with E-state index in [0.29, 0.717) is 12.5 Å². The number of ether oxygens (including phenoxy) is 2. The van der Waals surface area contributed by atoms with Gasteiger partial charge in [-0.25, -0.2) is 4.98 Å². The van der Waals surface area contributed by atoms with E-state index in [0.717, 1.165) is 69.7 Å². The molecule has 146 valence electrons. The van der Waals surface area contributed by atoms with E-state index in [1.165, 1.54) is 0 Å². The molecular weight excluding hydrogens is 330 g/mol. The average Bonchev–Trinajstić information content (AvgIpc) is 2.68. The van der Waals surface area contributed by atoms with Crippen LogP contribution in [0.5, 0.6) is 0 Å². The van der Waals surface area contributed by atoms with Crippen molar-refractivity contribution in [1.29, 1.82) is 0 Å². The van der Waals surface area contributed by atoms with E-state index in [4.69, 9.17) is 9.47 Å². The van der Waals surface area contributed by atoms with Gasteiger partial charge in [0.05, 0.1) is 12.2 Å². The fourth-order valence-corrected chi connectivity index (χ4v) is 2.75. The van der Waals surface area contributed by atoms with Crippen molar-refractivity contribution < 1.29 is 9.47 Å². The molecule has 1 aromatic rings. The van der Waals surface area contributed by atoms with E-state index in [1.807, 2.05) is 37.2 Å². The van der Waals surface area contributed by atoms with Crippen LogP contribution in [0, 0.1) is 5.92 Å². The van der Waals surface area contributed by atoms with Crippen LogP contribution in [0.4, 0.5) is 5.82 Å². The first-order valence-corrected chi connectivity index (χ1v) is 9.42. The topological polar surface area (TPSA) is 71.0 Å². The van der Waals surface area contributed by atoms with Crippen LogP contribution in [0.25, 0.3) is 0 Å². The van der Waals surface area contributed by atoms with Gasteiger partial charge in [-0.05, 0) is 37.3 Å². The Morgan fingerprint density at radius 2 is 2.12 bits per heavy atom. The normalized spacial score (nSPS) is 15.7. The summed E-state index contributed by atoms with van der Waals surface area (Å²) < 4.78 is 11.1. The molecule has 1 aliphatic rings. The molecule has 0 saturated carbocycles. The Bertz CT molecular complexity index is 544. The predicted octanol–water partition coefficient (Wildman–Crippen LogP) is 1.65. The van der Waals surface area contributed by atoms with Crippen LogP contribution in [0.15, 0.2) is 23.2 Å². The molecule has 1 aliphatic heterocycles. The minimum atomic E-state index is 0.640. The number of hydrogen-bond acceptors (Lipinski definition) is 5. The number of guanidine groups is 1. The van der Waals surface area contributed by atoms with Crippen molar-refractivity contribution in [1.82, 2.24) is 15.6 Å². The third-order valence-electron chi connectivity index (χ3n) is 4.36. The minimum Gasteiger partial charge on any atom is -0.381 e. The van der Waals surface area contributed by atoms with Gasteiger partial charge in [0.2, 0.25) is 0 Å². The number of rotatable bonds is 9. The van der Waals surface area contributed by atoms with E-state index in [1.54, 1.807) is 7.05 Å². The van der Waals surface area contributed by atoms with Crippen molar-refractivity contribution in [3.8, 4) is 0 Å². The fourth-order valence-electron chi connectivity index (χ4n) is 2.75. The number of nitrogens with zero attached hydrogens (tertiary/aromatic N) is 3. The Morgan fingerprint density at radius 1 is 1.31 bits per heavy atom. The second-order valence-electron chi connectivity index (χ2n) is 6.72. The Balaban J connectivity index is 1.58. The first-order chi connectivity index (χ1) is 12.7. The number of aliphatic imine (C=N–C) groups is 1. The highest BCUT2D eigenvalue weighted by Crippen LogP contribution is 2.14. The zero-order valence-corrected chi connectivity index (χ0v) is 16.3. The first-order valence-electron chi connectivity index (χ1n) is 9.42. The molecule has 1 fully saturated rings. The van der Waals surface area contributed by atoms with E-state index in [-0.39, 0.29) is 0 Å². The van der Waals surface area contributed by atoms with Crippen LogP contribution in [0.3, 0.4) is 0 Å². The highest BCUT2D eigenvalue weighted by molar-refractivity contribution is 5.79. The number of pyridine rings is 1. The van der Waals surface area contributed by atoms with E-state index in [2.05, 4.69) is 20.6 Å². The van der Waals surface area contributed by atoms with E-state index < -0.39 is 0 Å². The molecule has 0 spiro atoms. The lowest BCUT2D eigenvalue weighted by atomic mass is 10.0. The maximum absolute atomic E-state index is 5.78. The van der Waals surface area contributed by atoms with Crippen molar-refractivity contribution in [3.63, 3.8) is 0 Å². The summed E-state index contributed by atoms with van der Waals surface area (Å²) in [4.78, 5) is 10.8. The lowest BCUT2D eigenvalue weighted by Crippen LogP contribution is -2.37. The van der Waals surface area contributed by atoms with Gasteiger partial charge in [0.15, 0.2) is 5.96 Å². The molecule has 7 nitrogen and oxygen atoms in total. The first kappa shape index (κ1) is 20.5. The molecule has 0 unspecified atom stereocenters. The average molecular weight is 364 g/mol. The minimum absolute atomic E-state index is 0.640. The Kier molecular flexibility index (Phi) is 9.20. The zero-order chi connectivity index (χ0) is 18.6. The van der Waals surface area contributed by atoms with Gasteiger partial charge in [-0.3, -0.25) is 4.99 Å². The SMILES string of the molecule is CN=C(NCCCOCC1CCOCC1)NCc1cccc(N(C)C)n1. The molecule has 0 radical (unpaired) electrons. The van der Waals surface area contributed by atoms with Gasteiger partial charge in [0.1, 0.15) is 5.82 Å². The van der Waals surface area contributed by atoms with Gasteiger partial charge in [0, 0.05) is 54.1 Å². The molecule has 2 heterocycles. The molecule has 0 atom stereocenters. The maximum atomic E-state index is 5.78. The van der Waals surface area contributed by atoms with Gasteiger partial charge in [-0.15, -0.1) is 0 Å². The largest absolute Gasteiger partial charge is 0.381 e. The predicted molar refractivity (Wildman–Crippen MR) is 106 cm³/mol. The highest BCUT2D eigenvalue weighted by atomic mass is 16.5. The van der Waals surface area contributed by atoms with E-state index in [9.17, 15) is 0 Å². The van der Waals surface area contributed by atoms with Gasteiger partial charge in [-0.2, -0.15) is 0 Å². The number of anilines is 1. The second kappa shape index (κ2) is 11.7. The van der Waals surface area contributed by atoms with Gasteiger partial charge >= 0.3 is 0 Å². The monoisotopic (exact) mass is 363 g/mol. The van der Waals surface area contributed by atoms with Gasteiger partial charge in [-0.1, -0.05) is 6.07 Å². The molecular formula is C19H33N5O2. The van der Waals surface area contributed by atoms with Crippen molar-refractivity contribution in [2.75, 3.05) is 59.0 Å². The highest BCUT2D eigenvalue weighted by Gasteiger charge is 2.13. The molecule has 0 aliphatic carbocycles. The van der Waals surface area contributed by atoms with Gasteiger partial charge in [0.25, 0.3) is 0 Å². The van der Waals surface area contributed by atoms with Crippen LogP contribution in [0.2, 0.25) is 0 Å². The number of hydrogen-bond donors (Lipinski definition) is 2. The molecule has 0 amide bonds. The molecule has 1 aromatic heterocycles. The standard InChI is InChI=1S/C19H33N5O2/c1-20-19(22-14-17-6-4-7-18(23-17)24(2)3)21-10-5-11-26-15-16-8-12-25-13-9-16/h4,6-7,16H,5,8-15H2,1-3H3,(H2,20,21,22). The quantitative estimate of drug-likeness (QED) is 0.395. The summed E-state index contributed by atoms with van der Waals surface area (Å²) in [6, 6.07) is 6.03. The van der Waals surface area contributed by atoms with Crippen LogP contribution < -0.4 is 15.5 Å². The second-order valence-corrected chi connectivity index (χ2v) is 6.72. The van der Waals surface area contributed by atoms with Crippen LogP contribution in [-0.2, 0) is 16.0 Å². The summed E-state index contributed by atoms with van der Waals surface area (Å²) in [5.41, 5.74) is 0.985. The van der Waals surface area contributed by atoms with Crippen LogP contribution in [-0.4, -0.2) is 65.1 Å². The van der Waals surface area contributed by atoms with Crippen molar-refractivity contribution in [2.24, 2.45) is 10.9 Å². The summed E-state index contributed by atoms with van der Waals surface area (Å²) in [6.07, 6.45) is 3.20. The molecule has 1 saturated heterocycles. The third kappa shape index (κ3) is 7.58. The van der Waals surface area contributed by atoms with Crippen LogP contribution >= 0.6 is 0 Å². The Hall–Kier alpha value is -1.86. The summed E-state index contributed by atoms with van der Waals surface area (Å²) in [5, 5.41) is 6.61. The zero-order valence-electron chi connectivity index (χ0n) is 16.3. The third-order valence-corrected chi connectivity index (χ3v) is 4.36. The molecule has 2 N–H and O–H groups in total. The lowest BCUT2D eigenvalue weighted by molar-refractivity contribution is 0.0203. The van der Waals surface area contributed by atoms with Crippen LogP contribution in [0.1, 0.15) is 25.0 Å². The molecule has 0 bridgehead atoms. The van der Waals surface area contributed by atoms with Gasteiger partial charge < -0.3 is 25.0 Å². The number of nitrogens with one attached hydrogen (secondary N) is 2. The molecule has 26 heavy (non-hydrogen) atoms. The lowest BCUT2D eigenvalue weighted by Gasteiger charge is -2.21. The van der Waals surface area contributed by atoms with Crippen molar-refractivity contribution in [2.45, 2.75) is 25.8 Å². The van der Waals surface area contributed by atoms with E-state index >= 15 is 0 Å². The Labute approximate surface area is 157 Å². The summed E-state index contributed by atoms with van der Waals surface area (Å²) in [5.74, 6) is 2.40. The smallest absolute Gasteiger partial charge is 0.191 e. The Morgan fingerprint density at radius 3 is 2.85 bits per heavy atom. The van der Waals surface area contributed by atoms with Crippen molar-refractivity contribution >= 4 is 11.8 Å². The van der Waals surface area contributed by atoms with Crippen molar-refractivity contribution in [3.05, 3.63) is 23.9 Å². The molecule has 7 heteroatoms. The summed E-state index contributed by atoms with van der Waals surface area (Å²) in [6.45, 7) is 4.85.